The number of hydrogen-bond donors (Lipinski definition) is 3. The lowest BCUT2D eigenvalue weighted by Crippen LogP contribution is -2.22. The summed E-state index contributed by atoms with van der Waals surface area (Å²) in [7, 11) is -3.81. The number of nitrogens with zero attached hydrogens (tertiary/aromatic N) is 1. The predicted octanol–water partition coefficient (Wildman–Crippen LogP) is 2.89. The van der Waals surface area contributed by atoms with Crippen LogP contribution < -0.4 is 20.1 Å². The average molecular weight is 334 g/mol. The largest absolute Gasteiger partial charge is 0.372 e. The van der Waals surface area contributed by atoms with Gasteiger partial charge in [-0.25, -0.2) is 5.14 Å². The van der Waals surface area contributed by atoms with Gasteiger partial charge in [0.2, 0.25) is 0 Å². The van der Waals surface area contributed by atoms with Crippen LogP contribution in [-0.4, -0.2) is 21.5 Å². The summed E-state index contributed by atoms with van der Waals surface area (Å²) in [5.41, 5.74) is 3.06. The number of benzene rings is 2. The lowest BCUT2D eigenvalue weighted by atomic mass is 10.2. The van der Waals surface area contributed by atoms with E-state index in [-0.39, 0.29) is 0 Å². The predicted molar refractivity (Wildman–Crippen MR) is 96.5 cm³/mol. The molecule has 2 aromatic carbocycles. The Morgan fingerprint density at radius 2 is 1.52 bits per heavy atom. The Morgan fingerprint density at radius 3 is 2.04 bits per heavy atom. The first-order chi connectivity index (χ1) is 10.9. The first-order valence-electron chi connectivity index (χ1n) is 7.44. The SMILES string of the molecule is CCN(CC)c1ccc(Nc2ccccc2NS(N)(=O)=O)cc1. The van der Waals surface area contributed by atoms with Crippen molar-refractivity contribution in [1.29, 1.82) is 0 Å². The zero-order valence-corrected chi connectivity index (χ0v) is 14.1. The van der Waals surface area contributed by atoms with E-state index in [4.69, 9.17) is 5.14 Å². The van der Waals surface area contributed by atoms with Crippen molar-refractivity contribution in [3.05, 3.63) is 48.5 Å². The van der Waals surface area contributed by atoms with Crippen LogP contribution in [0.25, 0.3) is 0 Å². The van der Waals surface area contributed by atoms with Crippen molar-refractivity contribution in [2.24, 2.45) is 5.14 Å². The van der Waals surface area contributed by atoms with Crippen LogP contribution >= 0.6 is 0 Å². The Labute approximate surface area is 137 Å². The van der Waals surface area contributed by atoms with Crippen LogP contribution in [0, 0.1) is 0 Å². The maximum Gasteiger partial charge on any atom is 0.296 e. The Hall–Kier alpha value is -2.25. The number of rotatable bonds is 7. The molecule has 4 N–H and O–H groups in total. The lowest BCUT2D eigenvalue weighted by Gasteiger charge is -2.21. The van der Waals surface area contributed by atoms with Gasteiger partial charge in [0, 0.05) is 24.5 Å². The van der Waals surface area contributed by atoms with Crippen molar-refractivity contribution < 1.29 is 8.42 Å². The molecule has 0 fully saturated rings. The molecule has 2 aromatic rings. The standard InChI is InChI=1S/C16H22N4O2S/c1-3-20(4-2)14-11-9-13(10-12-14)18-15-7-5-6-8-16(15)19-23(17,21)22/h5-12,18-19H,3-4H2,1-2H3,(H2,17,21,22). The van der Waals surface area contributed by atoms with E-state index >= 15 is 0 Å². The summed E-state index contributed by atoms with van der Waals surface area (Å²) < 4.78 is 24.7. The molecule has 0 aromatic heterocycles. The molecule has 0 heterocycles. The minimum absolute atomic E-state index is 0.405. The number of anilines is 4. The molecule has 2 rings (SSSR count). The van der Waals surface area contributed by atoms with Crippen LogP contribution in [0.3, 0.4) is 0 Å². The fourth-order valence-corrected chi connectivity index (χ4v) is 2.82. The molecule has 0 saturated heterocycles. The van der Waals surface area contributed by atoms with E-state index in [1.807, 2.05) is 30.3 Å². The van der Waals surface area contributed by atoms with Gasteiger partial charge in [-0.2, -0.15) is 8.42 Å². The highest BCUT2D eigenvalue weighted by molar-refractivity contribution is 7.90. The summed E-state index contributed by atoms with van der Waals surface area (Å²) in [6.07, 6.45) is 0. The van der Waals surface area contributed by atoms with E-state index in [1.165, 1.54) is 0 Å². The summed E-state index contributed by atoms with van der Waals surface area (Å²) >= 11 is 0. The van der Waals surface area contributed by atoms with Crippen molar-refractivity contribution >= 4 is 33.0 Å². The molecule has 0 unspecified atom stereocenters. The maximum absolute atomic E-state index is 11.2. The van der Waals surface area contributed by atoms with Gasteiger partial charge in [-0.1, -0.05) is 12.1 Å². The van der Waals surface area contributed by atoms with Crippen molar-refractivity contribution in [2.45, 2.75) is 13.8 Å². The summed E-state index contributed by atoms with van der Waals surface area (Å²) in [4.78, 5) is 2.25. The fourth-order valence-electron chi connectivity index (χ4n) is 2.33. The van der Waals surface area contributed by atoms with Gasteiger partial charge in [-0.15, -0.1) is 0 Å². The van der Waals surface area contributed by atoms with E-state index in [0.29, 0.717) is 11.4 Å². The molecule has 0 spiro atoms. The minimum Gasteiger partial charge on any atom is -0.372 e. The zero-order valence-electron chi connectivity index (χ0n) is 13.3. The van der Waals surface area contributed by atoms with Crippen molar-refractivity contribution in [3.63, 3.8) is 0 Å². The minimum atomic E-state index is -3.81. The van der Waals surface area contributed by atoms with Gasteiger partial charge in [-0.05, 0) is 50.2 Å². The summed E-state index contributed by atoms with van der Waals surface area (Å²) in [5, 5.41) is 8.24. The highest BCUT2D eigenvalue weighted by Crippen LogP contribution is 2.27. The molecule has 0 aliphatic heterocycles. The van der Waals surface area contributed by atoms with Gasteiger partial charge in [0.1, 0.15) is 0 Å². The first kappa shape index (κ1) is 17.1. The van der Waals surface area contributed by atoms with Crippen LogP contribution in [0.2, 0.25) is 0 Å². The molecular formula is C16H22N4O2S. The second-order valence-electron chi connectivity index (χ2n) is 5.04. The molecule has 23 heavy (non-hydrogen) atoms. The van der Waals surface area contributed by atoms with Crippen molar-refractivity contribution in [1.82, 2.24) is 0 Å². The third kappa shape index (κ3) is 4.87. The Morgan fingerprint density at radius 1 is 0.957 bits per heavy atom. The Kier molecular flexibility index (Phi) is 5.46. The molecule has 0 saturated carbocycles. The highest BCUT2D eigenvalue weighted by Gasteiger charge is 2.08. The molecular weight excluding hydrogens is 312 g/mol. The van der Waals surface area contributed by atoms with Gasteiger partial charge in [0.25, 0.3) is 10.2 Å². The number of nitrogens with two attached hydrogens (primary N) is 1. The van der Waals surface area contributed by atoms with Crippen LogP contribution in [-0.2, 0) is 10.2 Å². The molecule has 7 heteroatoms. The Bertz CT molecular complexity index is 741. The molecule has 0 atom stereocenters. The normalized spacial score (nSPS) is 11.1. The number of hydrogen-bond acceptors (Lipinski definition) is 4. The van der Waals surface area contributed by atoms with E-state index in [9.17, 15) is 8.42 Å². The number of nitrogens with one attached hydrogen (secondary N) is 2. The molecule has 0 amide bonds. The zero-order chi connectivity index (χ0) is 16.9. The molecule has 124 valence electrons. The quantitative estimate of drug-likeness (QED) is 0.726. The van der Waals surface area contributed by atoms with E-state index < -0.39 is 10.2 Å². The van der Waals surface area contributed by atoms with Gasteiger partial charge >= 0.3 is 0 Å². The monoisotopic (exact) mass is 334 g/mol. The molecule has 0 aliphatic rings. The van der Waals surface area contributed by atoms with E-state index in [1.54, 1.807) is 18.2 Å². The average Bonchev–Trinajstić information content (AvgIpc) is 2.51. The summed E-state index contributed by atoms with van der Waals surface area (Å²) in [5.74, 6) is 0. The summed E-state index contributed by atoms with van der Waals surface area (Å²) in [6.45, 7) is 6.13. The topological polar surface area (TPSA) is 87.5 Å². The van der Waals surface area contributed by atoms with Gasteiger partial charge in [0.15, 0.2) is 0 Å². The third-order valence-electron chi connectivity index (χ3n) is 3.45. The van der Waals surface area contributed by atoms with Gasteiger partial charge < -0.3 is 10.2 Å². The fraction of sp³-hybridized carbons (Fsp3) is 0.250. The second-order valence-corrected chi connectivity index (χ2v) is 6.33. The molecule has 0 aliphatic carbocycles. The molecule has 6 nitrogen and oxygen atoms in total. The third-order valence-corrected chi connectivity index (χ3v) is 3.96. The highest BCUT2D eigenvalue weighted by atomic mass is 32.2. The van der Waals surface area contributed by atoms with E-state index in [2.05, 4.69) is 28.8 Å². The maximum atomic E-state index is 11.2. The van der Waals surface area contributed by atoms with Gasteiger partial charge in [-0.3, -0.25) is 4.72 Å². The van der Waals surface area contributed by atoms with Gasteiger partial charge in [0.05, 0.1) is 11.4 Å². The van der Waals surface area contributed by atoms with Crippen molar-refractivity contribution in [3.8, 4) is 0 Å². The molecule has 0 radical (unpaired) electrons. The van der Waals surface area contributed by atoms with Crippen LogP contribution in [0.15, 0.2) is 48.5 Å². The smallest absolute Gasteiger partial charge is 0.296 e. The number of para-hydroxylation sites is 2. The first-order valence-corrected chi connectivity index (χ1v) is 8.99. The van der Waals surface area contributed by atoms with Crippen molar-refractivity contribution in [2.75, 3.05) is 28.0 Å². The lowest BCUT2D eigenvalue weighted by molar-refractivity contribution is 0.603. The van der Waals surface area contributed by atoms with E-state index in [0.717, 1.165) is 24.5 Å². The van der Waals surface area contributed by atoms with Crippen LogP contribution in [0.1, 0.15) is 13.8 Å². The Balaban J connectivity index is 2.20. The molecule has 0 bridgehead atoms. The van der Waals surface area contributed by atoms with Crippen LogP contribution in [0.4, 0.5) is 22.7 Å². The van der Waals surface area contributed by atoms with Crippen LogP contribution in [0.5, 0.6) is 0 Å². The second kappa shape index (κ2) is 7.34. The summed E-state index contributed by atoms with van der Waals surface area (Å²) in [6, 6.07) is 15.0.